The van der Waals surface area contributed by atoms with Gasteiger partial charge in [0.2, 0.25) is 0 Å². The lowest BCUT2D eigenvalue weighted by Crippen LogP contribution is -2.16. The fourth-order valence-corrected chi connectivity index (χ4v) is 2.04. The van der Waals surface area contributed by atoms with Gasteiger partial charge in [0, 0.05) is 19.8 Å². The molecule has 0 aliphatic carbocycles. The summed E-state index contributed by atoms with van der Waals surface area (Å²) < 4.78 is 5.45. The molecule has 0 amide bonds. The van der Waals surface area contributed by atoms with Crippen LogP contribution in [0.25, 0.3) is 0 Å². The van der Waals surface area contributed by atoms with Crippen molar-refractivity contribution in [3.63, 3.8) is 0 Å². The first-order valence-electron chi connectivity index (χ1n) is 7.58. The summed E-state index contributed by atoms with van der Waals surface area (Å²) in [7, 11) is 0. The van der Waals surface area contributed by atoms with Crippen LogP contribution >= 0.6 is 0 Å². The fourth-order valence-electron chi connectivity index (χ4n) is 2.04. The van der Waals surface area contributed by atoms with Crippen LogP contribution in [0.1, 0.15) is 44.7 Å². The lowest BCUT2D eigenvalue weighted by atomic mass is 10.0. The van der Waals surface area contributed by atoms with E-state index in [2.05, 4.69) is 50.4 Å². The van der Waals surface area contributed by atoms with Gasteiger partial charge in [0.05, 0.1) is 0 Å². The smallest absolute Gasteiger partial charge is 0.0478 e. The highest BCUT2D eigenvalue weighted by atomic mass is 16.5. The van der Waals surface area contributed by atoms with Crippen LogP contribution in [0.5, 0.6) is 0 Å². The van der Waals surface area contributed by atoms with Gasteiger partial charge in [-0.25, -0.2) is 0 Å². The molecule has 0 radical (unpaired) electrons. The molecular weight excluding hydrogens is 234 g/mol. The van der Waals surface area contributed by atoms with E-state index in [0.717, 1.165) is 45.1 Å². The Hall–Kier alpha value is -0.860. The van der Waals surface area contributed by atoms with E-state index < -0.39 is 0 Å². The van der Waals surface area contributed by atoms with Crippen LogP contribution in [0.4, 0.5) is 0 Å². The summed E-state index contributed by atoms with van der Waals surface area (Å²) >= 11 is 0. The quantitative estimate of drug-likeness (QED) is 0.648. The third-order valence-corrected chi connectivity index (χ3v) is 2.99. The molecule has 2 heteroatoms. The van der Waals surface area contributed by atoms with Gasteiger partial charge in [-0.2, -0.15) is 0 Å². The maximum absolute atomic E-state index is 5.45. The van der Waals surface area contributed by atoms with Gasteiger partial charge in [-0.15, -0.1) is 0 Å². The molecule has 0 fully saturated rings. The summed E-state index contributed by atoms with van der Waals surface area (Å²) in [6.07, 6.45) is 3.37. The fraction of sp³-hybridized carbons (Fsp3) is 0.647. The lowest BCUT2D eigenvalue weighted by molar-refractivity contribution is 0.132. The number of nitrogens with one attached hydrogen (secondary N) is 1. The van der Waals surface area contributed by atoms with Crippen LogP contribution in [0.15, 0.2) is 24.3 Å². The molecule has 1 aromatic rings. The largest absolute Gasteiger partial charge is 0.381 e. The highest BCUT2D eigenvalue weighted by Crippen LogP contribution is 2.09. The molecule has 1 aromatic carbocycles. The Bertz CT molecular complexity index is 319. The molecule has 19 heavy (non-hydrogen) atoms. The summed E-state index contributed by atoms with van der Waals surface area (Å²) in [5.74, 6) is 0.729. The predicted octanol–water partition coefficient (Wildman–Crippen LogP) is 3.79. The SMILES string of the molecule is CCCOCCCNCc1ccc(CC(C)C)cc1. The van der Waals surface area contributed by atoms with Gasteiger partial charge in [0.1, 0.15) is 0 Å². The highest BCUT2D eigenvalue weighted by molar-refractivity contribution is 5.22. The molecule has 0 aromatic heterocycles. The van der Waals surface area contributed by atoms with Gasteiger partial charge in [-0.3, -0.25) is 0 Å². The second-order valence-electron chi connectivity index (χ2n) is 5.56. The van der Waals surface area contributed by atoms with E-state index in [1.54, 1.807) is 0 Å². The number of hydrogen-bond donors (Lipinski definition) is 1. The second-order valence-corrected chi connectivity index (χ2v) is 5.56. The summed E-state index contributed by atoms with van der Waals surface area (Å²) in [6.45, 7) is 10.4. The molecular formula is C17H29NO. The third kappa shape index (κ3) is 8.02. The van der Waals surface area contributed by atoms with Crippen molar-refractivity contribution in [2.75, 3.05) is 19.8 Å². The minimum absolute atomic E-state index is 0.729. The molecule has 2 nitrogen and oxygen atoms in total. The second kappa shape index (κ2) is 9.99. The van der Waals surface area contributed by atoms with Crippen molar-refractivity contribution in [3.05, 3.63) is 35.4 Å². The molecule has 1 rings (SSSR count). The Balaban J connectivity index is 2.12. The molecule has 0 aliphatic heterocycles. The van der Waals surface area contributed by atoms with E-state index in [0.29, 0.717) is 0 Å². The van der Waals surface area contributed by atoms with Gasteiger partial charge in [0.25, 0.3) is 0 Å². The van der Waals surface area contributed by atoms with E-state index in [9.17, 15) is 0 Å². The van der Waals surface area contributed by atoms with Crippen molar-refractivity contribution < 1.29 is 4.74 Å². The molecule has 108 valence electrons. The number of benzene rings is 1. The third-order valence-electron chi connectivity index (χ3n) is 2.99. The summed E-state index contributed by atoms with van der Waals surface area (Å²) in [4.78, 5) is 0. The number of ether oxygens (including phenoxy) is 1. The van der Waals surface area contributed by atoms with Gasteiger partial charge in [-0.1, -0.05) is 45.0 Å². The predicted molar refractivity (Wildman–Crippen MR) is 82.4 cm³/mol. The highest BCUT2D eigenvalue weighted by Gasteiger charge is 1.98. The first kappa shape index (κ1) is 16.2. The van der Waals surface area contributed by atoms with Gasteiger partial charge < -0.3 is 10.1 Å². The van der Waals surface area contributed by atoms with Crippen LogP contribution in [-0.4, -0.2) is 19.8 Å². The van der Waals surface area contributed by atoms with Crippen molar-refractivity contribution in [2.45, 2.75) is 46.6 Å². The van der Waals surface area contributed by atoms with E-state index in [4.69, 9.17) is 4.74 Å². The van der Waals surface area contributed by atoms with Crippen LogP contribution in [-0.2, 0) is 17.7 Å². The van der Waals surface area contributed by atoms with Gasteiger partial charge in [-0.05, 0) is 42.9 Å². The minimum Gasteiger partial charge on any atom is -0.381 e. The van der Waals surface area contributed by atoms with E-state index in [1.165, 1.54) is 17.5 Å². The first-order valence-corrected chi connectivity index (χ1v) is 7.58. The van der Waals surface area contributed by atoms with E-state index >= 15 is 0 Å². The topological polar surface area (TPSA) is 21.3 Å². The molecule has 0 aliphatic rings. The zero-order valence-corrected chi connectivity index (χ0v) is 12.7. The van der Waals surface area contributed by atoms with Crippen LogP contribution < -0.4 is 5.32 Å². The van der Waals surface area contributed by atoms with E-state index in [1.807, 2.05) is 0 Å². The maximum atomic E-state index is 5.45. The molecule has 0 unspecified atom stereocenters. The van der Waals surface area contributed by atoms with Crippen LogP contribution in [0.3, 0.4) is 0 Å². The van der Waals surface area contributed by atoms with Crippen molar-refractivity contribution in [1.29, 1.82) is 0 Å². The van der Waals surface area contributed by atoms with Crippen molar-refractivity contribution in [3.8, 4) is 0 Å². The summed E-state index contributed by atoms with van der Waals surface area (Å²) in [5.41, 5.74) is 2.80. The van der Waals surface area contributed by atoms with E-state index in [-0.39, 0.29) is 0 Å². The first-order chi connectivity index (χ1) is 9.22. The molecule has 0 spiro atoms. The Kier molecular flexibility index (Phi) is 8.52. The van der Waals surface area contributed by atoms with Crippen molar-refractivity contribution >= 4 is 0 Å². The normalized spacial score (nSPS) is 11.2. The Morgan fingerprint density at radius 1 is 1.05 bits per heavy atom. The average molecular weight is 263 g/mol. The Morgan fingerprint density at radius 3 is 2.37 bits per heavy atom. The van der Waals surface area contributed by atoms with Crippen LogP contribution in [0.2, 0.25) is 0 Å². The van der Waals surface area contributed by atoms with Gasteiger partial charge in [0.15, 0.2) is 0 Å². The summed E-state index contributed by atoms with van der Waals surface area (Å²) in [6, 6.07) is 8.97. The van der Waals surface area contributed by atoms with Crippen molar-refractivity contribution in [1.82, 2.24) is 5.32 Å². The zero-order valence-electron chi connectivity index (χ0n) is 12.7. The molecule has 1 N–H and O–H groups in total. The lowest BCUT2D eigenvalue weighted by Gasteiger charge is -2.08. The van der Waals surface area contributed by atoms with Crippen molar-refractivity contribution in [2.24, 2.45) is 5.92 Å². The molecule has 0 atom stereocenters. The van der Waals surface area contributed by atoms with Gasteiger partial charge >= 0.3 is 0 Å². The zero-order chi connectivity index (χ0) is 13.9. The minimum atomic E-state index is 0.729. The molecule has 0 saturated carbocycles. The Morgan fingerprint density at radius 2 is 1.74 bits per heavy atom. The standard InChI is InChI=1S/C17H29NO/c1-4-11-19-12-5-10-18-14-17-8-6-16(7-9-17)13-15(2)3/h6-9,15,18H,4-5,10-14H2,1-3H3. The number of hydrogen-bond acceptors (Lipinski definition) is 2. The molecule has 0 heterocycles. The average Bonchev–Trinajstić information content (AvgIpc) is 2.39. The Labute approximate surface area is 118 Å². The summed E-state index contributed by atoms with van der Waals surface area (Å²) in [5, 5.41) is 3.46. The molecule has 0 bridgehead atoms. The monoisotopic (exact) mass is 263 g/mol. The maximum Gasteiger partial charge on any atom is 0.0478 e. The number of rotatable bonds is 10. The molecule has 0 saturated heterocycles. The van der Waals surface area contributed by atoms with Crippen LogP contribution in [0, 0.1) is 5.92 Å².